The maximum Gasteiger partial charge on any atom is 0.387 e. The molecule has 0 saturated carbocycles. The van der Waals surface area contributed by atoms with Crippen LogP contribution in [0.5, 0.6) is 11.5 Å². The molecule has 0 unspecified atom stereocenters. The highest BCUT2D eigenvalue weighted by atomic mass is 19.3. The molecular weight excluding hydrogens is 334 g/mol. The second kappa shape index (κ2) is 8.49. The van der Waals surface area contributed by atoms with Gasteiger partial charge in [-0.15, -0.1) is 0 Å². The number of hydrogen-bond donors (Lipinski definition) is 1. The van der Waals surface area contributed by atoms with Gasteiger partial charge in [0, 0.05) is 5.56 Å². The zero-order valence-electron chi connectivity index (χ0n) is 13.2. The molecule has 1 aromatic heterocycles. The Labute approximate surface area is 142 Å². The highest BCUT2D eigenvalue weighted by Gasteiger charge is 2.14. The number of ether oxygens (including phenoxy) is 2. The average Bonchev–Trinajstić information content (AvgIpc) is 3.11. The van der Waals surface area contributed by atoms with E-state index in [4.69, 9.17) is 9.15 Å². The first-order chi connectivity index (χ1) is 12.0. The van der Waals surface area contributed by atoms with E-state index >= 15 is 0 Å². The topological polar surface area (TPSA) is 84.5 Å². The molecule has 1 amide bonds. The Kier molecular flexibility index (Phi) is 6.12. The van der Waals surface area contributed by atoms with E-state index in [0.717, 1.165) is 6.08 Å². The standard InChI is InChI=1S/C17H14F2N2O4/c1-23-13-4-5-15(25-17(18)19)11(8-13)7-12(9-20)16(22)21-10-14-3-2-6-24-14/h2-8,17H,10H2,1H3,(H,21,22)/b12-7+. The van der Waals surface area contributed by atoms with Gasteiger partial charge in [-0.1, -0.05) is 0 Å². The maximum absolute atomic E-state index is 12.5. The van der Waals surface area contributed by atoms with E-state index in [0.29, 0.717) is 11.5 Å². The van der Waals surface area contributed by atoms with Crippen LogP contribution >= 0.6 is 0 Å². The molecule has 1 aromatic carbocycles. The number of nitrogens with zero attached hydrogens (tertiary/aromatic N) is 1. The number of nitrogens with one attached hydrogen (secondary N) is 1. The predicted octanol–water partition coefficient (Wildman–Crippen LogP) is 3.11. The van der Waals surface area contributed by atoms with Crippen molar-refractivity contribution in [1.29, 1.82) is 5.26 Å². The molecule has 0 spiro atoms. The van der Waals surface area contributed by atoms with Crippen LogP contribution in [-0.2, 0) is 11.3 Å². The van der Waals surface area contributed by atoms with Gasteiger partial charge in [0.1, 0.15) is 28.9 Å². The normalized spacial score (nSPS) is 11.1. The van der Waals surface area contributed by atoms with E-state index in [9.17, 15) is 18.8 Å². The second-order valence-corrected chi connectivity index (χ2v) is 4.71. The smallest absolute Gasteiger partial charge is 0.387 e. The van der Waals surface area contributed by atoms with Crippen LogP contribution in [0.2, 0.25) is 0 Å². The van der Waals surface area contributed by atoms with Gasteiger partial charge in [0.05, 0.1) is 19.9 Å². The highest BCUT2D eigenvalue weighted by Crippen LogP contribution is 2.27. The number of hydrogen-bond acceptors (Lipinski definition) is 5. The molecule has 1 heterocycles. The van der Waals surface area contributed by atoms with Crippen molar-refractivity contribution >= 4 is 12.0 Å². The van der Waals surface area contributed by atoms with Crippen molar-refractivity contribution in [3.8, 4) is 17.6 Å². The number of nitriles is 1. The summed E-state index contributed by atoms with van der Waals surface area (Å²) in [6.45, 7) is -2.96. The zero-order valence-corrected chi connectivity index (χ0v) is 13.2. The lowest BCUT2D eigenvalue weighted by molar-refractivity contribution is -0.117. The Bertz CT molecular complexity index is 795. The van der Waals surface area contributed by atoms with Crippen LogP contribution in [0.25, 0.3) is 6.08 Å². The number of carbonyl (C=O) groups is 1. The lowest BCUT2D eigenvalue weighted by Gasteiger charge is -2.10. The fourth-order valence-corrected chi connectivity index (χ4v) is 1.95. The van der Waals surface area contributed by atoms with E-state index in [1.165, 1.54) is 31.6 Å². The summed E-state index contributed by atoms with van der Waals surface area (Å²) in [6.07, 6.45) is 2.60. The van der Waals surface area contributed by atoms with Crippen LogP contribution in [0, 0.1) is 11.3 Å². The molecule has 2 rings (SSSR count). The van der Waals surface area contributed by atoms with E-state index in [1.54, 1.807) is 18.2 Å². The number of alkyl halides is 2. The molecule has 130 valence electrons. The van der Waals surface area contributed by atoms with Gasteiger partial charge in [-0.2, -0.15) is 14.0 Å². The molecule has 0 saturated heterocycles. The summed E-state index contributed by atoms with van der Waals surface area (Å²) in [6, 6.07) is 9.13. The quantitative estimate of drug-likeness (QED) is 0.614. The minimum Gasteiger partial charge on any atom is -0.497 e. The lowest BCUT2D eigenvalue weighted by Crippen LogP contribution is -2.23. The summed E-state index contributed by atoms with van der Waals surface area (Å²) < 4.78 is 39.5. The molecule has 0 aliphatic rings. The summed E-state index contributed by atoms with van der Waals surface area (Å²) in [5.74, 6) is 0.0157. The Balaban J connectivity index is 2.24. The van der Waals surface area contributed by atoms with Gasteiger partial charge >= 0.3 is 6.61 Å². The number of amides is 1. The summed E-state index contributed by atoms with van der Waals surface area (Å²) in [7, 11) is 1.40. The average molecular weight is 348 g/mol. The number of methoxy groups -OCH3 is 1. The van der Waals surface area contributed by atoms with Gasteiger partial charge in [0.15, 0.2) is 0 Å². The van der Waals surface area contributed by atoms with Crippen LogP contribution in [0.3, 0.4) is 0 Å². The van der Waals surface area contributed by atoms with Gasteiger partial charge in [-0.3, -0.25) is 4.79 Å². The predicted molar refractivity (Wildman–Crippen MR) is 83.8 cm³/mol. The van der Waals surface area contributed by atoms with Gasteiger partial charge in [0.2, 0.25) is 0 Å². The van der Waals surface area contributed by atoms with Crippen molar-refractivity contribution in [3.63, 3.8) is 0 Å². The molecule has 6 nitrogen and oxygen atoms in total. The van der Waals surface area contributed by atoms with Crippen molar-refractivity contribution in [2.24, 2.45) is 0 Å². The molecule has 25 heavy (non-hydrogen) atoms. The molecule has 8 heteroatoms. The molecule has 1 N–H and O–H groups in total. The zero-order chi connectivity index (χ0) is 18.2. The highest BCUT2D eigenvalue weighted by molar-refractivity contribution is 6.02. The van der Waals surface area contributed by atoms with Crippen LogP contribution in [0.15, 0.2) is 46.6 Å². The second-order valence-electron chi connectivity index (χ2n) is 4.71. The van der Waals surface area contributed by atoms with Crippen molar-refractivity contribution < 1.29 is 27.5 Å². The first-order valence-corrected chi connectivity index (χ1v) is 7.08. The third-order valence-electron chi connectivity index (χ3n) is 3.10. The van der Waals surface area contributed by atoms with E-state index < -0.39 is 12.5 Å². The Hall–Kier alpha value is -3.34. The Morgan fingerprint density at radius 1 is 1.44 bits per heavy atom. The van der Waals surface area contributed by atoms with Crippen LogP contribution in [0.1, 0.15) is 11.3 Å². The third kappa shape index (κ3) is 5.07. The molecule has 0 atom stereocenters. The molecule has 0 aliphatic carbocycles. The third-order valence-corrected chi connectivity index (χ3v) is 3.10. The van der Waals surface area contributed by atoms with Gasteiger partial charge in [0.25, 0.3) is 5.91 Å². The molecule has 0 radical (unpaired) electrons. The van der Waals surface area contributed by atoms with Crippen LogP contribution in [-0.4, -0.2) is 19.6 Å². The molecule has 2 aromatic rings. The minimum atomic E-state index is -3.04. The Morgan fingerprint density at radius 3 is 2.84 bits per heavy atom. The van der Waals surface area contributed by atoms with Gasteiger partial charge in [-0.25, -0.2) is 0 Å². The Morgan fingerprint density at radius 2 is 2.24 bits per heavy atom. The summed E-state index contributed by atoms with van der Waals surface area (Å²) in [5.41, 5.74) is -0.164. The van der Waals surface area contributed by atoms with Gasteiger partial charge < -0.3 is 19.2 Å². The molecule has 0 bridgehead atoms. The largest absolute Gasteiger partial charge is 0.497 e. The van der Waals surface area contributed by atoms with Crippen LogP contribution < -0.4 is 14.8 Å². The number of benzene rings is 1. The number of halogens is 2. The summed E-state index contributed by atoms with van der Waals surface area (Å²) in [5, 5.41) is 11.7. The fourth-order valence-electron chi connectivity index (χ4n) is 1.95. The van der Waals surface area contributed by atoms with Gasteiger partial charge in [-0.05, 0) is 36.4 Å². The van der Waals surface area contributed by atoms with Crippen molar-refractivity contribution in [2.45, 2.75) is 13.2 Å². The van der Waals surface area contributed by atoms with E-state index in [2.05, 4.69) is 10.1 Å². The van der Waals surface area contributed by atoms with E-state index in [1.807, 2.05) is 0 Å². The van der Waals surface area contributed by atoms with Crippen molar-refractivity contribution in [1.82, 2.24) is 5.32 Å². The first kappa shape index (κ1) is 18.0. The number of carbonyl (C=O) groups excluding carboxylic acids is 1. The SMILES string of the molecule is COc1ccc(OC(F)F)c(/C=C(\C#N)C(=O)NCc2ccco2)c1. The fraction of sp³-hybridized carbons (Fsp3) is 0.176. The monoisotopic (exact) mass is 348 g/mol. The molecule has 0 aliphatic heterocycles. The van der Waals surface area contributed by atoms with Crippen molar-refractivity contribution in [2.75, 3.05) is 7.11 Å². The summed E-state index contributed by atoms with van der Waals surface area (Å²) >= 11 is 0. The van der Waals surface area contributed by atoms with Crippen LogP contribution in [0.4, 0.5) is 8.78 Å². The lowest BCUT2D eigenvalue weighted by atomic mass is 10.1. The minimum absolute atomic E-state index is 0.0867. The number of furan rings is 1. The van der Waals surface area contributed by atoms with E-state index in [-0.39, 0.29) is 23.4 Å². The maximum atomic E-state index is 12.5. The summed E-state index contributed by atoms with van der Waals surface area (Å²) in [4.78, 5) is 12.1. The molecular formula is C17H14F2N2O4. The number of rotatable bonds is 7. The molecule has 0 fully saturated rings. The van der Waals surface area contributed by atoms with Crippen molar-refractivity contribution in [3.05, 3.63) is 53.5 Å². The first-order valence-electron chi connectivity index (χ1n) is 7.08.